The maximum Gasteiger partial charge on any atom is 0.254 e. The Morgan fingerprint density at radius 1 is 1.05 bits per heavy atom. The average molecular weight is 304 g/mol. The van der Waals surface area contributed by atoms with Crippen LogP contribution in [0.2, 0.25) is 0 Å². The van der Waals surface area contributed by atoms with Gasteiger partial charge in [0.25, 0.3) is 11.8 Å². The summed E-state index contributed by atoms with van der Waals surface area (Å²) in [6.07, 6.45) is 0. The molecular formula is C17H24N2O3. The third-order valence-corrected chi connectivity index (χ3v) is 4.05. The van der Waals surface area contributed by atoms with Crippen molar-refractivity contribution in [1.29, 1.82) is 0 Å². The lowest BCUT2D eigenvalue weighted by molar-refractivity contribution is 0.0303. The third kappa shape index (κ3) is 4.07. The standard InChI is InChI=1S/C17H24N2O3/c1-12(2)13(3)18-16(20)14-4-6-15(7-5-14)17(21)19-8-10-22-11-9-19/h4-7,12-13H,8-11H2,1-3H3,(H,18,20). The average Bonchev–Trinajstić information content (AvgIpc) is 2.55. The molecule has 2 rings (SSSR count). The number of hydrogen-bond acceptors (Lipinski definition) is 3. The molecule has 0 saturated carbocycles. The van der Waals surface area contributed by atoms with Gasteiger partial charge in [-0.2, -0.15) is 0 Å². The molecule has 1 atom stereocenters. The Kier molecular flexibility index (Phi) is 5.55. The Balaban J connectivity index is 2.00. The minimum absolute atomic E-state index is 0.00851. The van der Waals surface area contributed by atoms with Crippen LogP contribution in [-0.4, -0.2) is 49.1 Å². The van der Waals surface area contributed by atoms with Crippen molar-refractivity contribution in [2.24, 2.45) is 5.92 Å². The zero-order chi connectivity index (χ0) is 16.1. The number of carbonyl (C=O) groups is 2. The molecule has 0 spiro atoms. The van der Waals surface area contributed by atoms with Crippen molar-refractivity contribution in [2.45, 2.75) is 26.8 Å². The number of amides is 2. The quantitative estimate of drug-likeness (QED) is 0.924. The van der Waals surface area contributed by atoms with Crippen molar-refractivity contribution in [3.63, 3.8) is 0 Å². The lowest BCUT2D eigenvalue weighted by atomic mass is 10.1. The first-order chi connectivity index (χ1) is 10.5. The topological polar surface area (TPSA) is 58.6 Å². The highest BCUT2D eigenvalue weighted by Crippen LogP contribution is 2.10. The number of carbonyl (C=O) groups excluding carboxylic acids is 2. The first-order valence-corrected chi connectivity index (χ1v) is 7.77. The molecule has 0 radical (unpaired) electrons. The van der Waals surface area contributed by atoms with Crippen LogP contribution in [0.1, 0.15) is 41.5 Å². The van der Waals surface area contributed by atoms with Gasteiger partial charge in [-0.15, -0.1) is 0 Å². The Morgan fingerprint density at radius 3 is 2.14 bits per heavy atom. The van der Waals surface area contributed by atoms with E-state index in [9.17, 15) is 9.59 Å². The lowest BCUT2D eigenvalue weighted by Crippen LogP contribution is -2.40. The number of morpholine rings is 1. The summed E-state index contributed by atoms with van der Waals surface area (Å²) in [7, 11) is 0. The molecule has 5 heteroatoms. The minimum Gasteiger partial charge on any atom is -0.378 e. The molecule has 22 heavy (non-hydrogen) atoms. The molecular weight excluding hydrogens is 280 g/mol. The summed E-state index contributed by atoms with van der Waals surface area (Å²) < 4.78 is 5.25. The maximum absolute atomic E-state index is 12.3. The monoisotopic (exact) mass is 304 g/mol. The van der Waals surface area contributed by atoms with E-state index < -0.39 is 0 Å². The van der Waals surface area contributed by atoms with Gasteiger partial charge >= 0.3 is 0 Å². The van der Waals surface area contributed by atoms with E-state index in [2.05, 4.69) is 19.2 Å². The second-order valence-corrected chi connectivity index (χ2v) is 5.99. The van der Waals surface area contributed by atoms with Gasteiger partial charge in [0.05, 0.1) is 13.2 Å². The van der Waals surface area contributed by atoms with Crippen molar-refractivity contribution in [3.05, 3.63) is 35.4 Å². The number of hydrogen-bond donors (Lipinski definition) is 1. The van der Waals surface area contributed by atoms with Crippen molar-refractivity contribution in [1.82, 2.24) is 10.2 Å². The van der Waals surface area contributed by atoms with Gasteiger partial charge in [0.15, 0.2) is 0 Å². The summed E-state index contributed by atoms with van der Waals surface area (Å²) in [5.41, 5.74) is 1.18. The summed E-state index contributed by atoms with van der Waals surface area (Å²) in [6, 6.07) is 6.95. The molecule has 1 aliphatic rings. The van der Waals surface area contributed by atoms with Crippen molar-refractivity contribution < 1.29 is 14.3 Å². The number of rotatable bonds is 4. The fraction of sp³-hybridized carbons (Fsp3) is 0.529. The molecule has 1 aromatic rings. The molecule has 0 aliphatic carbocycles. The summed E-state index contributed by atoms with van der Waals surface area (Å²) in [4.78, 5) is 26.2. The van der Waals surface area contributed by atoms with E-state index in [0.29, 0.717) is 43.3 Å². The highest BCUT2D eigenvalue weighted by atomic mass is 16.5. The highest BCUT2D eigenvalue weighted by molar-refractivity contribution is 5.97. The molecule has 0 aromatic heterocycles. The Bertz CT molecular complexity index is 519. The first-order valence-electron chi connectivity index (χ1n) is 7.77. The molecule has 1 unspecified atom stereocenters. The molecule has 0 bridgehead atoms. The van der Waals surface area contributed by atoms with Gasteiger partial charge < -0.3 is 15.0 Å². The van der Waals surface area contributed by atoms with Crippen LogP contribution in [-0.2, 0) is 4.74 Å². The van der Waals surface area contributed by atoms with E-state index in [0.717, 1.165) is 0 Å². The molecule has 5 nitrogen and oxygen atoms in total. The van der Waals surface area contributed by atoms with E-state index in [1.807, 2.05) is 6.92 Å². The second-order valence-electron chi connectivity index (χ2n) is 5.99. The molecule has 1 fully saturated rings. The molecule has 2 amide bonds. The first kappa shape index (κ1) is 16.5. The van der Waals surface area contributed by atoms with Crippen LogP contribution in [0.5, 0.6) is 0 Å². The fourth-order valence-corrected chi connectivity index (χ4v) is 2.17. The zero-order valence-corrected chi connectivity index (χ0v) is 13.5. The Labute approximate surface area is 131 Å². The van der Waals surface area contributed by atoms with Crippen molar-refractivity contribution in [3.8, 4) is 0 Å². The van der Waals surface area contributed by atoms with Crippen LogP contribution in [0.4, 0.5) is 0 Å². The van der Waals surface area contributed by atoms with E-state index in [1.165, 1.54) is 0 Å². The Hall–Kier alpha value is -1.88. The molecule has 1 heterocycles. The van der Waals surface area contributed by atoms with E-state index in [-0.39, 0.29) is 17.9 Å². The summed E-state index contributed by atoms with van der Waals surface area (Å²) in [6.45, 7) is 8.52. The minimum atomic E-state index is -0.105. The van der Waals surface area contributed by atoms with Crippen LogP contribution in [0.15, 0.2) is 24.3 Å². The van der Waals surface area contributed by atoms with E-state index in [4.69, 9.17) is 4.74 Å². The molecule has 1 saturated heterocycles. The SMILES string of the molecule is CC(C)C(C)NC(=O)c1ccc(C(=O)N2CCOCC2)cc1. The fourth-order valence-electron chi connectivity index (χ4n) is 2.17. The van der Waals surface area contributed by atoms with Gasteiger partial charge in [0.2, 0.25) is 0 Å². The molecule has 1 aromatic carbocycles. The van der Waals surface area contributed by atoms with Gasteiger partial charge in [-0.1, -0.05) is 13.8 Å². The Morgan fingerprint density at radius 2 is 1.59 bits per heavy atom. The summed E-state index contributed by atoms with van der Waals surface area (Å²) >= 11 is 0. The lowest BCUT2D eigenvalue weighted by Gasteiger charge is -2.26. The number of benzene rings is 1. The van der Waals surface area contributed by atoms with Gasteiger partial charge in [-0.05, 0) is 37.1 Å². The predicted molar refractivity (Wildman–Crippen MR) is 84.9 cm³/mol. The normalized spacial score (nSPS) is 16.5. The van der Waals surface area contributed by atoms with E-state index >= 15 is 0 Å². The van der Waals surface area contributed by atoms with Crippen LogP contribution in [0.25, 0.3) is 0 Å². The number of nitrogens with one attached hydrogen (secondary N) is 1. The van der Waals surface area contributed by atoms with Crippen molar-refractivity contribution >= 4 is 11.8 Å². The molecule has 1 aliphatic heterocycles. The van der Waals surface area contributed by atoms with Crippen molar-refractivity contribution in [2.75, 3.05) is 26.3 Å². The predicted octanol–water partition coefficient (Wildman–Crippen LogP) is 1.93. The number of ether oxygens (including phenoxy) is 1. The largest absolute Gasteiger partial charge is 0.378 e. The molecule has 1 N–H and O–H groups in total. The van der Waals surface area contributed by atoms with Gasteiger partial charge in [0.1, 0.15) is 0 Å². The van der Waals surface area contributed by atoms with Gasteiger partial charge in [0, 0.05) is 30.3 Å². The van der Waals surface area contributed by atoms with Gasteiger partial charge in [-0.3, -0.25) is 9.59 Å². The summed E-state index contributed by atoms with van der Waals surface area (Å²) in [5.74, 6) is 0.267. The number of nitrogens with zero attached hydrogens (tertiary/aromatic N) is 1. The van der Waals surface area contributed by atoms with Crippen LogP contribution < -0.4 is 5.32 Å². The van der Waals surface area contributed by atoms with E-state index in [1.54, 1.807) is 29.2 Å². The van der Waals surface area contributed by atoms with Crippen LogP contribution in [0, 0.1) is 5.92 Å². The maximum atomic E-state index is 12.3. The second kappa shape index (κ2) is 7.40. The summed E-state index contributed by atoms with van der Waals surface area (Å²) in [5, 5.41) is 2.96. The highest BCUT2D eigenvalue weighted by Gasteiger charge is 2.19. The smallest absolute Gasteiger partial charge is 0.254 e. The van der Waals surface area contributed by atoms with Crippen LogP contribution in [0.3, 0.4) is 0 Å². The molecule has 120 valence electrons. The zero-order valence-electron chi connectivity index (χ0n) is 13.5. The van der Waals surface area contributed by atoms with Gasteiger partial charge in [-0.25, -0.2) is 0 Å². The van der Waals surface area contributed by atoms with Crippen LogP contribution >= 0.6 is 0 Å². The third-order valence-electron chi connectivity index (χ3n) is 4.05.